The normalized spacial score (nSPS) is 16.3. The molecule has 0 bridgehead atoms. The first kappa shape index (κ1) is 20.6. The standard InChI is InChI=1S/C24H18N2O4S/c1-2-30-24(28)21-22(27)20(14-15-10-12-17(26-29)13-11-15)31-23(21)25-19-9-5-7-16-6-3-4-8-18(16)19/h3-14,27H,2H2,1H3/b20-14-,25-23?. The Labute approximate surface area is 182 Å². The first-order valence-corrected chi connectivity index (χ1v) is 10.4. The molecule has 1 N–H and O–H groups in total. The predicted molar refractivity (Wildman–Crippen MR) is 125 cm³/mol. The highest BCUT2D eigenvalue weighted by atomic mass is 32.2. The topological polar surface area (TPSA) is 88.3 Å². The molecular weight excluding hydrogens is 412 g/mol. The van der Waals surface area contributed by atoms with Gasteiger partial charge in [-0.2, -0.15) is 0 Å². The van der Waals surface area contributed by atoms with Gasteiger partial charge >= 0.3 is 5.97 Å². The molecule has 3 aromatic carbocycles. The Balaban J connectivity index is 1.79. The van der Waals surface area contributed by atoms with Crippen LogP contribution in [0.2, 0.25) is 0 Å². The Kier molecular flexibility index (Phi) is 5.95. The molecule has 0 saturated heterocycles. The van der Waals surface area contributed by atoms with E-state index in [-0.39, 0.29) is 17.9 Å². The van der Waals surface area contributed by atoms with Crippen molar-refractivity contribution in [1.29, 1.82) is 0 Å². The van der Waals surface area contributed by atoms with E-state index in [1.54, 1.807) is 37.3 Å². The lowest BCUT2D eigenvalue weighted by Gasteiger charge is -2.05. The molecule has 1 aliphatic rings. The molecule has 3 aromatic rings. The van der Waals surface area contributed by atoms with Crippen LogP contribution in [0.15, 0.2) is 93.1 Å². The molecule has 154 valence electrons. The average Bonchev–Trinajstić information content (AvgIpc) is 3.09. The molecule has 0 amide bonds. The van der Waals surface area contributed by atoms with Gasteiger partial charge < -0.3 is 9.84 Å². The molecule has 1 aliphatic heterocycles. The molecule has 6 nitrogen and oxygen atoms in total. The van der Waals surface area contributed by atoms with Crippen molar-refractivity contribution < 1.29 is 14.6 Å². The summed E-state index contributed by atoms with van der Waals surface area (Å²) in [6.45, 7) is 1.89. The van der Waals surface area contributed by atoms with Crippen LogP contribution in [0.3, 0.4) is 0 Å². The number of ether oxygens (including phenoxy) is 1. The third kappa shape index (κ3) is 4.27. The van der Waals surface area contributed by atoms with Crippen LogP contribution in [0, 0.1) is 4.91 Å². The summed E-state index contributed by atoms with van der Waals surface area (Å²) in [4.78, 5) is 28.4. The van der Waals surface area contributed by atoms with Gasteiger partial charge in [0.15, 0.2) is 0 Å². The molecule has 0 aliphatic carbocycles. The van der Waals surface area contributed by atoms with Gasteiger partial charge in [0.25, 0.3) is 0 Å². The van der Waals surface area contributed by atoms with E-state index in [0.29, 0.717) is 21.3 Å². The van der Waals surface area contributed by atoms with E-state index in [9.17, 15) is 14.8 Å². The van der Waals surface area contributed by atoms with Crippen LogP contribution < -0.4 is 0 Å². The van der Waals surface area contributed by atoms with Crippen molar-refractivity contribution in [2.75, 3.05) is 6.61 Å². The van der Waals surface area contributed by atoms with Gasteiger partial charge in [0.1, 0.15) is 22.1 Å². The molecule has 0 unspecified atom stereocenters. The van der Waals surface area contributed by atoms with Crippen molar-refractivity contribution in [3.05, 3.63) is 93.4 Å². The number of aliphatic imine (C=N–C) groups is 1. The van der Waals surface area contributed by atoms with Gasteiger partial charge in [0.05, 0.1) is 17.2 Å². The lowest BCUT2D eigenvalue weighted by atomic mass is 10.1. The first-order chi connectivity index (χ1) is 15.1. The van der Waals surface area contributed by atoms with Crippen molar-refractivity contribution in [2.45, 2.75) is 6.92 Å². The zero-order chi connectivity index (χ0) is 21.8. The Bertz CT molecular complexity index is 1250. The summed E-state index contributed by atoms with van der Waals surface area (Å²) < 4.78 is 5.16. The quantitative estimate of drug-likeness (QED) is 0.372. The number of esters is 1. The number of hydrogen-bond donors (Lipinski definition) is 1. The molecule has 0 radical (unpaired) electrons. The highest BCUT2D eigenvalue weighted by Gasteiger charge is 2.33. The minimum absolute atomic E-state index is 0.0391. The fourth-order valence-electron chi connectivity index (χ4n) is 3.19. The fourth-order valence-corrected chi connectivity index (χ4v) is 4.22. The van der Waals surface area contributed by atoms with Crippen LogP contribution in [0.1, 0.15) is 12.5 Å². The van der Waals surface area contributed by atoms with Gasteiger partial charge in [-0.3, -0.25) is 0 Å². The van der Waals surface area contributed by atoms with Gasteiger partial charge in [-0.25, -0.2) is 9.79 Å². The molecule has 4 rings (SSSR count). The van der Waals surface area contributed by atoms with Crippen LogP contribution in [-0.4, -0.2) is 22.7 Å². The van der Waals surface area contributed by atoms with Gasteiger partial charge in [-0.1, -0.05) is 60.3 Å². The van der Waals surface area contributed by atoms with Crippen LogP contribution in [0.25, 0.3) is 16.8 Å². The van der Waals surface area contributed by atoms with E-state index < -0.39 is 5.97 Å². The summed E-state index contributed by atoms with van der Waals surface area (Å²) >= 11 is 1.19. The van der Waals surface area contributed by atoms with Gasteiger partial charge in [0.2, 0.25) is 0 Å². The summed E-state index contributed by atoms with van der Waals surface area (Å²) in [7, 11) is 0. The van der Waals surface area contributed by atoms with Crippen molar-refractivity contribution >= 4 is 51.0 Å². The monoisotopic (exact) mass is 430 g/mol. The van der Waals surface area contributed by atoms with Crippen LogP contribution in [0.5, 0.6) is 0 Å². The number of nitroso groups, excluding NO2 is 1. The third-order valence-electron chi connectivity index (χ3n) is 4.66. The van der Waals surface area contributed by atoms with Crippen LogP contribution in [-0.2, 0) is 9.53 Å². The Morgan fingerprint density at radius 2 is 1.81 bits per heavy atom. The zero-order valence-electron chi connectivity index (χ0n) is 16.6. The summed E-state index contributed by atoms with van der Waals surface area (Å²) in [5.41, 5.74) is 1.79. The van der Waals surface area contributed by atoms with E-state index in [1.807, 2.05) is 42.5 Å². The molecule has 0 atom stereocenters. The maximum absolute atomic E-state index is 12.6. The molecule has 0 aromatic heterocycles. The van der Waals surface area contributed by atoms with Crippen LogP contribution in [0.4, 0.5) is 11.4 Å². The molecular formula is C24H18N2O4S. The van der Waals surface area contributed by atoms with Crippen molar-refractivity contribution in [2.24, 2.45) is 10.2 Å². The molecule has 0 saturated carbocycles. The van der Waals surface area contributed by atoms with Gasteiger partial charge in [-0.05, 0) is 47.3 Å². The van der Waals surface area contributed by atoms with Crippen molar-refractivity contribution in [3.63, 3.8) is 0 Å². The maximum atomic E-state index is 12.6. The minimum atomic E-state index is -0.629. The number of carbonyl (C=O) groups excluding carboxylic acids is 1. The largest absolute Gasteiger partial charge is 0.506 e. The average molecular weight is 430 g/mol. The Morgan fingerprint density at radius 1 is 1.06 bits per heavy atom. The number of hydrogen-bond acceptors (Lipinski definition) is 7. The second-order valence-electron chi connectivity index (χ2n) is 6.65. The van der Waals surface area contributed by atoms with E-state index >= 15 is 0 Å². The van der Waals surface area contributed by atoms with E-state index in [4.69, 9.17) is 9.73 Å². The highest BCUT2D eigenvalue weighted by molar-refractivity contribution is 8.18. The van der Waals surface area contributed by atoms with E-state index in [1.165, 1.54) is 11.8 Å². The summed E-state index contributed by atoms with van der Waals surface area (Å²) in [5.74, 6) is -0.810. The van der Waals surface area contributed by atoms with Crippen LogP contribution >= 0.6 is 11.8 Å². The maximum Gasteiger partial charge on any atom is 0.344 e. The summed E-state index contributed by atoms with van der Waals surface area (Å²) in [5, 5.41) is 16.0. The lowest BCUT2D eigenvalue weighted by molar-refractivity contribution is -0.138. The zero-order valence-corrected chi connectivity index (χ0v) is 17.4. The van der Waals surface area contributed by atoms with Crippen molar-refractivity contribution in [3.8, 4) is 0 Å². The van der Waals surface area contributed by atoms with Gasteiger partial charge in [0, 0.05) is 5.39 Å². The second-order valence-corrected chi connectivity index (χ2v) is 7.68. The van der Waals surface area contributed by atoms with Gasteiger partial charge in [-0.15, -0.1) is 4.91 Å². The smallest absolute Gasteiger partial charge is 0.344 e. The Hall–Kier alpha value is -3.71. The lowest BCUT2D eigenvalue weighted by Crippen LogP contribution is -2.12. The number of rotatable bonds is 5. The number of aliphatic hydroxyl groups excluding tert-OH is 1. The summed E-state index contributed by atoms with van der Waals surface area (Å²) in [6, 6.07) is 20.2. The third-order valence-corrected chi connectivity index (χ3v) is 5.67. The van der Waals surface area contributed by atoms with E-state index in [0.717, 1.165) is 16.3 Å². The molecule has 1 heterocycles. The second kappa shape index (κ2) is 8.97. The predicted octanol–water partition coefficient (Wildman–Crippen LogP) is 6.43. The molecule has 7 heteroatoms. The number of carbonyl (C=O) groups is 1. The number of nitrogens with zero attached hydrogens (tertiary/aromatic N) is 2. The molecule has 31 heavy (non-hydrogen) atoms. The number of fused-ring (bicyclic) bond motifs is 1. The minimum Gasteiger partial charge on any atom is -0.506 e. The molecule has 0 fully saturated rings. The first-order valence-electron chi connectivity index (χ1n) is 9.61. The summed E-state index contributed by atoms with van der Waals surface area (Å²) in [6.07, 6.45) is 1.72. The number of thioether (sulfide) groups is 1. The SMILES string of the molecule is CCOC(=O)C1=C(O)/C(=C/c2ccc(N=O)cc2)SC1=Nc1cccc2ccccc12. The van der Waals surface area contributed by atoms with Crippen molar-refractivity contribution in [1.82, 2.24) is 0 Å². The van der Waals surface area contributed by atoms with E-state index in [2.05, 4.69) is 5.18 Å². The fraction of sp³-hybridized carbons (Fsp3) is 0.0833. The Morgan fingerprint density at radius 3 is 2.55 bits per heavy atom. The highest BCUT2D eigenvalue weighted by Crippen LogP contribution is 2.41. The number of benzene rings is 3. The number of aliphatic hydroxyl groups is 1. The molecule has 0 spiro atoms.